The van der Waals surface area contributed by atoms with Crippen LogP contribution in [0.2, 0.25) is 0 Å². The zero-order chi connectivity index (χ0) is 34.3. The molecule has 1 saturated carbocycles. The molecular formula is C38H55N3O6. The molecule has 7 atom stereocenters. The summed E-state index contributed by atoms with van der Waals surface area (Å²) >= 11 is 0. The number of allylic oxidation sites excluding steroid dienone is 2. The number of ketones is 2. The van der Waals surface area contributed by atoms with E-state index in [0.29, 0.717) is 18.5 Å². The molecule has 0 spiro atoms. The zero-order valence-corrected chi connectivity index (χ0v) is 29.0. The van der Waals surface area contributed by atoms with E-state index in [1.165, 1.54) is 4.90 Å². The third-order valence-electron chi connectivity index (χ3n) is 10.8. The minimum absolute atomic E-state index is 0.0183. The summed E-state index contributed by atoms with van der Waals surface area (Å²) < 4.78 is 0. The highest BCUT2D eigenvalue weighted by atomic mass is 16.3. The SMILES string of the molecule is C[C@H]1CCCCC=CCCCC[C@@H](C(O)C(=O)CCC(=O)N[C@H](C(=O)N(C)C)c2ccccc2)CC(=O)[C@@H]2[C@@H]3[C@H](CN2C1=O)C3(C)C. The summed E-state index contributed by atoms with van der Waals surface area (Å²) in [6.45, 7) is 6.86. The van der Waals surface area contributed by atoms with E-state index in [4.69, 9.17) is 0 Å². The molecular weight excluding hydrogens is 594 g/mol. The van der Waals surface area contributed by atoms with Gasteiger partial charge in [-0.1, -0.05) is 76.1 Å². The summed E-state index contributed by atoms with van der Waals surface area (Å²) in [5.74, 6) is -1.67. The highest BCUT2D eigenvalue weighted by Crippen LogP contribution is 2.65. The van der Waals surface area contributed by atoms with Gasteiger partial charge >= 0.3 is 0 Å². The first-order valence-electron chi connectivity index (χ1n) is 17.6. The largest absolute Gasteiger partial charge is 0.385 e. The second-order valence-corrected chi connectivity index (χ2v) is 14.8. The second kappa shape index (κ2) is 16.2. The fraction of sp³-hybridized carbons (Fsp3) is 0.658. The molecule has 3 amide bonds. The van der Waals surface area contributed by atoms with Crippen molar-refractivity contribution in [1.82, 2.24) is 15.1 Å². The average molecular weight is 650 g/mol. The minimum atomic E-state index is -1.40. The molecule has 1 aromatic rings. The number of likely N-dealkylation sites (N-methyl/N-ethyl adjacent to an activating group) is 1. The number of carbonyl (C=O) groups is 5. The number of aliphatic hydroxyl groups is 1. The van der Waals surface area contributed by atoms with Crippen LogP contribution in [0.15, 0.2) is 42.5 Å². The van der Waals surface area contributed by atoms with Crippen molar-refractivity contribution in [3.8, 4) is 0 Å². The Hall–Kier alpha value is -3.33. The molecule has 2 fully saturated rings. The van der Waals surface area contributed by atoms with Gasteiger partial charge in [0.1, 0.15) is 12.1 Å². The number of hydrogen-bond donors (Lipinski definition) is 2. The molecule has 2 heterocycles. The van der Waals surface area contributed by atoms with Crippen LogP contribution in [0, 0.1) is 29.1 Å². The van der Waals surface area contributed by atoms with Gasteiger partial charge in [0.05, 0.1) is 6.04 Å². The number of carbonyl (C=O) groups excluding carboxylic acids is 5. The van der Waals surface area contributed by atoms with Crippen molar-refractivity contribution < 1.29 is 29.1 Å². The van der Waals surface area contributed by atoms with Crippen LogP contribution in [0.5, 0.6) is 0 Å². The van der Waals surface area contributed by atoms with E-state index in [2.05, 4.69) is 31.3 Å². The zero-order valence-electron chi connectivity index (χ0n) is 29.0. The molecule has 47 heavy (non-hydrogen) atoms. The smallest absolute Gasteiger partial charge is 0.249 e. The Morgan fingerprint density at radius 2 is 1.62 bits per heavy atom. The normalized spacial score (nSPS) is 28.0. The number of nitrogens with zero attached hydrogens (tertiary/aromatic N) is 2. The lowest BCUT2D eigenvalue weighted by Crippen LogP contribution is -2.48. The van der Waals surface area contributed by atoms with Crippen LogP contribution < -0.4 is 5.32 Å². The summed E-state index contributed by atoms with van der Waals surface area (Å²) in [6.07, 6.45) is 9.37. The predicted octanol–water partition coefficient (Wildman–Crippen LogP) is 5.03. The van der Waals surface area contributed by atoms with Gasteiger partial charge in [-0.15, -0.1) is 0 Å². The molecule has 1 saturated heterocycles. The number of Topliss-reactive ketones (excluding diaryl/α,β-unsaturated/α-hetero) is 2. The van der Waals surface area contributed by atoms with Gasteiger partial charge in [-0.2, -0.15) is 0 Å². The summed E-state index contributed by atoms with van der Waals surface area (Å²) in [6, 6.07) is 7.51. The topological polar surface area (TPSA) is 124 Å². The summed E-state index contributed by atoms with van der Waals surface area (Å²) in [5, 5.41) is 14.1. The number of amides is 3. The maximum Gasteiger partial charge on any atom is 0.249 e. The van der Waals surface area contributed by atoms with E-state index >= 15 is 0 Å². The van der Waals surface area contributed by atoms with Crippen LogP contribution in [0.1, 0.15) is 103 Å². The Morgan fingerprint density at radius 1 is 0.979 bits per heavy atom. The molecule has 1 aliphatic carbocycles. The van der Waals surface area contributed by atoms with Crippen molar-refractivity contribution in [3.63, 3.8) is 0 Å². The number of fused-ring (bicyclic) bond motifs is 3. The van der Waals surface area contributed by atoms with Crippen molar-refractivity contribution in [2.24, 2.45) is 29.1 Å². The maximum absolute atomic E-state index is 14.1. The molecule has 9 heteroatoms. The van der Waals surface area contributed by atoms with Gasteiger partial charge in [-0.25, -0.2) is 0 Å². The number of benzene rings is 1. The molecule has 9 nitrogen and oxygen atoms in total. The lowest BCUT2D eigenvalue weighted by molar-refractivity contribution is -0.143. The summed E-state index contributed by atoms with van der Waals surface area (Å²) in [7, 11) is 3.23. The van der Waals surface area contributed by atoms with Crippen LogP contribution >= 0.6 is 0 Å². The number of rotatable bonds is 8. The van der Waals surface area contributed by atoms with E-state index in [0.717, 1.165) is 44.9 Å². The van der Waals surface area contributed by atoms with Gasteiger partial charge in [0, 0.05) is 45.8 Å². The third-order valence-corrected chi connectivity index (χ3v) is 10.8. The Morgan fingerprint density at radius 3 is 2.26 bits per heavy atom. The number of hydrogen-bond acceptors (Lipinski definition) is 6. The van der Waals surface area contributed by atoms with E-state index in [9.17, 15) is 29.1 Å². The first kappa shape index (κ1) is 36.5. The highest BCUT2D eigenvalue weighted by Gasteiger charge is 2.69. The van der Waals surface area contributed by atoms with E-state index < -0.39 is 35.8 Å². The van der Waals surface area contributed by atoms with Crippen LogP contribution in [0.4, 0.5) is 0 Å². The van der Waals surface area contributed by atoms with Crippen LogP contribution in [-0.2, 0) is 24.0 Å². The Labute approximate surface area is 280 Å². The maximum atomic E-state index is 14.1. The fourth-order valence-corrected chi connectivity index (χ4v) is 7.73. The molecule has 0 aromatic heterocycles. The molecule has 1 unspecified atom stereocenters. The van der Waals surface area contributed by atoms with Crippen LogP contribution in [-0.4, -0.2) is 77.0 Å². The van der Waals surface area contributed by atoms with Gasteiger partial charge in [0.2, 0.25) is 17.7 Å². The summed E-state index contributed by atoms with van der Waals surface area (Å²) in [5.41, 5.74) is 0.615. The molecule has 258 valence electrons. The number of nitrogens with one attached hydrogen (secondary N) is 1. The van der Waals surface area contributed by atoms with Gasteiger partial charge in [0.25, 0.3) is 0 Å². The lowest BCUT2D eigenvalue weighted by atomic mass is 9.84. The Bertz CT molecular complexity index is 1310. The van der Waals surface area contributed by atoms with Crippen molar-refractivity contribution in [1.29, 1.82) is 0 Å². The van der Waals surface area contributed by atoms with E-state index in [-0.39, 0.29) is 60.0 Å². The molecule has 3 aliphatic rings. The molecule has 0 bridgehead atoms. The Balaban J connectivity index is 1.45. The summed E-state index contributed by atoms with van der Waals surface area (Å²) in [4.78, 5) is 70.1. The Kier molecular flexibility index (Phi) is 12.6. The van der Waals surface area contributed by atoms with Gasteiger partial charge in [-0.05, 0) is 67.3 Å². The van der Waals surface area contributed by atoms with Gasteiger partial charge in [-0.3, -0.25) is 24.0 Å². The number of piperidine rings is 1. The third kappa shape index (κ3) is 8.98. The van der Waals surface area contributed by atoms with Crippen LogP contribution in [0.3, 0.4) is 0 Å². The standard InChI is InChI=1S/C38H55N3O6/c1-25-17-13-10-8-6-7-9-11-14-20-27(23-30(43)34-32-28(38(32,2)3)24-41(34)36(25)46)35(45)29(42)21-22-31(44)39-33(37(47)40(4)5)26-18-15-12-16-19-26/h6-7,12,15-16,18-19,25,27-28,32-35,45H,8-11,13-14,17,20-24H2,1-5H3,(H,39,44)/t25-,27+,28-,32-,33-,34+,35?/m0/s1. The van der Waals surface area contributed by atoms with Gasteiger partial charge in [0.15, 0.2) is 11.6 Å². The minimum Gasteiger partial charge on any atom is -0.385 e. The van der Waals surface area contributed by atoms with Crippen molar-refractivity contribution in [3.05, 3.63) is 48.0 Å². The monoisotopic (exact) mass is 649 g/mol. The number of aliphatic hydroxyl groups excluding tert-OH is 1. The van der Waals surface area contributed by atoms with Crippen molar-refractivity contribution in [2.75, 3.05) is 20.6 Å². The quantitative estimate of drug-likeness (QED) is 0.381. The van der Waals surface area contributed by atoms with Gasteiger partial charge < -0.3 is 20.2 Å². The predicted molar refractivity (Wildman–Crippen MR) is 181 cm³/mol. The molecule has 4 rings (SSSR count). The molecule has 2 N–H and O–H groups in total. The lowest BCUT2D eigenvalue weighted by Gasteiger charge is -2.33. The van der Waals surface area contributed by atoms with E-state index in [1.54, 1.807) is 43.3 Å². The fourth-order valence-electron chi connectivity index (χ4n) is 7.73. The first-order valence-corrected chi connectivity index (χ1v) is 17.6. The molecule has 1 aromatic carbocycles. The van der Waals surface area contributed by atoms with Crippen molar-refractivity contribution >= 4 is 29.3 Å². The first-order chi connectivity index (χ1) is 22.3. The molecule has 0 radical (unpaired) electrons. The van der Waals surface area contributed by atoms with Crippen LogP contribution in [0.25, 0.3) is 0 Å². The average Bonchev–Trinajstić information content (AvgIpc) is 3.35. The second-order valence-electron chi connectivity index (χ2n) is 14.8. The molecule has 2 aliphatic heterocycles. The highest BCUT2D eigenvalue weighted by molar-refractivity contribution is 5.93. The van der Waals surface area contributed by atoms with E-state index in [1.807, 2.05) is 13.0 Å². The van der Waals surface area contributed by atoms with Crippen molar-refractivity contribution in [2.45, 2.75) is 110 Å².